The number of carboxylic acid groups (broad SMARTS) is 1. The summed E-state index contributed by atoms with van der Waals surface area (Å²) >= 11 is 0. The molecule has 0 aromatic heterocycles. The van der Waals surface area contributed by atoms with Crippen LogP contribution >= 0.6 is 0 Å². The summed E-state index contributed by atoms with van der Waals surface area (Å²) in [6.45, 7) is 5.03. The van der Waals surface area contributed by atoms with Crippen LogP contribution in [0.25, 0.3) is 6.08 Å². The number of aliphatic carboxylic acids is 1. The number of rotatable bonds is 13. The van der Waals surface area contributed by atoms with Crippen molar-refractivity contribution >= 4 is 28.0 Å². The van der Waals surface area contributed by atoms with E-state index < -0.39 is 39.7 Å². The van der Waals surface area contributed by atoms with E-state index >= 15 is 0 Å². The quantitative estimate of drug-likeness (QED) is 0.393. The summed E-state index contributed by atoms with van der Waals surface area (Å²) in [6, 6.07) is 9.40. The molecule has 0 fully saturated rings. The minimum absolute atomic E-state index is 0.0266. The van der Waals surface area contributed by atoms with E-state index in [1.807, 2.05) is 44.2 Å². The normalized spacial score (nSPS) is 15.2. The number of carboxylic acids is 1. The van der Waals surface area contributed by atoms with Crippen molar-refractivity contribution in [3.8, 4) is 0 Å². The molecule has 0 heterocycles. The van der Waals surface area contributed by atoms with Gasteiger partial charge < -0.3 is 10.2 Å². The lowest BCUT2D eigenvalue weighted by molar-refractivity contribution is -0.148. The molecule has 1 rings (SSSR count). The van der Waals surface area contributed by atoms with Gasteiger partial charge in [-0.05, 0) is 30.2 Å². The number of aliphatic hydroxyl groups excluding tert-OH is 1. The molecule has 3 N–H and O–H groups in total. The first kappa shape index (κ1) is 26.8. The highest BCUT2D eigenvalue weighted by Crippen LogP contribution is 2.26. The van der Waals surface area contributed by atoms with Crippen LogP contribution in [0.2, 0.25) is 0 Å². The van der Waals surface area contributed by atoms with Crippen LogP contribution in [-0.2, 0) is 19.6 Å². The number of hydrazine groups is 1. The van der Waals surface area contributed by atoms with Crippen LogP contribution in [0.3, 0.4) is 0 Å². The third-order valence-electron chi connectivity index (χ3n) is 4.79. The Balaban J connectivity index is 3.08. The van der Waals surface area contributed by atoms with Crippen molar-refractivity contribution in [2.24, 2.45) is 23.7 Å². The van der Waals surface area contributed by atoms with Gasteiger partial charge in [0.15, 0.2) is 0 Å². The highest BCUT2D eigenvalue weighted by Gasteiger charge is 2.35. The topological polar surface area (TPSA) is 124 Å². The lowest BCUT2D eigenvalue weighted by Crippen LogP contribution is -2.51. The van der Waals surface area contributed by atoms with Crippen molar-refractivity contribution in [1.82, 2.24) is 9.84 Å². The minimum Gasteiger partial charge on any atom is -0.481 e. The number of carbonyl (C=O) groups is 2. The average molecular weight is 455 g/mol. The molecule has 0 aliphatic heterocycles. The van der Waals surface area contributed by atoms with E-state index in [-0.39, 0.29) is 31.9 Å². The molecule has 0 saturated carbocycles. The smallest absolute Gasteiger partial charge is 0.307 e. The van der Waals surface area contributed by atoms with Crippen molar-refractivity contribution in [3.63, 3.8) is 0 Å². The Morgan fingerprint density at radius 1 is 1.13 bits per heavy atom. The molecule has 1 aromatic carbocycles. The van der Waals surface area contributed by atoms with E-state index in [1.165, 1.54) is 0 Å². The number of carbonyl (C=O) groups excluding carboxylic acids is 1. The SMILES string of the molecule is CC(C)C[C@@H](C(=O)NN(C[C@@H](C)CO)S(C)(=O)=O)[C@H](C/C=C/c1ccccc1)C(=O)O. The zero-order valence-corrected chi connectivity index (χ0v) is 19.4. The summed E-state index contributed by atoms with van der Waals surface area (Å²) < 4.78 is 25.0. The molecule has 0 saturated heterocycles. The third-order valence-corrected chi connectivity index (χ3v) is 5.83. The molecule has 0 unspecified atom stereocenters. The zero-order chi connectivity index (χ0) is 23.6. The van der Waals surface area contributed by atoms with Crippen molar-refractivity contribution in [2.45, 2.75) is 33.6 Å². The van der Waals surface area contributed by atoms with Gasteiger partial charge in [0.25, 0.3) is 0 Å². The molecule has 8 nitrogen and oxygen atoms in total. The first-order valence-corrected chi connectivity index (χ1v) is 12.1. The van der Waals surface area contributed by atoms with Gasteiger partial charge in [-0.3, -0.25) is 15.0 Å². The number of sulfonamides is 1. The number of hydrogen-bond donors (Lipinski definition) is 3. The van der Waals surface area contributed by atoms with Crippen LogP contribution in [0.5, 0.6) is 0 Å². The van der Waals surface area contributed by atoms with Crippen molar-refractivity contribution in [3.05, 3.63) is 42.0 Å². The number of benzene rings is 1. The Hall–Kier alpha value is -2.23. The fourth-order valence-electron chi connectivity index (χ4n) is 3.12. The molecule has 3 atom stereocenters. The van der Waals surface area contributed by atoms with Gasteiger partial charge in [0, 0.05) is 13.2 Å². The van der Waals surface area contributed by atoms with Crippen LogP contribution in [0, 0.1) is 23.7 Å². The number of allylic oxidation sites excluding steroid dienone is 1. The predicted molar refractivity (Wildman–Crippen MR) is 120 cm³/mol. The molecule has 0 aliphatic rings. The summed E-state index contributed by atoms with van der Waals surface area (Å²) in [7, 11) is -3.80. The molecule has 0 radical (unpaired) electrons. The number of amides is 1. The maximum absolute atomic E-state index is 13.0. The van der Waals surface area contributed by atoms with Crippen LogP contribution in [0.1, 0.15) is 39.2 Å². The highest BCUT2D eigenvalue weighted by atomic mass is 32.2. The van der Waals surface area contributed by atoms with Gasteiger partial charge in [-0.1, -0.05) is 63.3 Å². The summed E-state index contributed by atoms with van der Waals surface area (Å²) in [5, 5.41) is 19.0. The minimum atomic E-state index is -3.80. The van der Waals surface area contributed by atoms with Crippen LogP contribution in [0.15, 0.2) is 36.4 Å². The number of nitrogens with one attached hydrogen (secondary N) is 1. The Morgan fingerprint density at radius 2 is 1.74 bits per heavy atom. The molecular weight excluding hydrogens is 420 g/mol. The van der Waals surface area contributed by atoms with Gasteiger partial charge >= 0.3 is 5.97 Å². The molecule has 1 aromatic rings. The van der Waals surface area contributed by atoms with Crippen LogP contribution in [-0.4, -0.2) is 54.3 Å². The summed E-state index contributed by atoms with van der Waals surface area (Å²) in [6.07, 6.45) is 4.88. The maximum atomic E-state index is 13.0. The maximum Gasteiger partial charge on any atom is 0.307 e. The molecule has 0 spiro atoms. The van der Waals surface area contributed by atoms with Gasteiger partial charge in [0.1, 0.15) is 0 Å². The van der Waals surface area contributed by atoms with E-state index in [9.17, 15) is 28.2 Å². The lowest BCUT2D eigenvalue weighted by Gasteiger charge is -2.28. The fraction of sp³-hybridized carbons (Fsp3) is 0.545. The molecule has 31 heavy (non-hydrogen) atoms. The number of aliphatic hydroxyl groups is 1. The van der Waals surface area contributed by atoms with E-state index in [0.29, 0.717) is 0 Å². The second kappa shape index (κ2) is 12.6. The van der Waals surface area contributed by atoms with Gasteiger partial charge in [0.2, 0.25) is 15.9 Å². The van der Waals surface area contributed by atoms with Gasteiger partial charge in [0.05, 0.1) is 18.1 Å². The average Bonchev–Trinajstić information content (AvgIpc) is 2.68. The van der Waals surface area contributed by atoms with E-state index in [2.05, 4.69) is 5.43 Å². The number of nitrogens with zero attached hydrogens (tertiary/aromatic N) is 1. The second-order valence-electron chi connectivity index (χ2n) is 8.29. The Bertz CT molecular complexity index is 839. The van der Waals surface area contributed by atoms with E-state index in [1.54, 1.807) is 19.1 Å². The summed E-state index contributed by atoms with van der Waals surface area (Å²) in [5.74, 6) is -4.09. The molecule has 174 valence electrons. The van der Waals surface area contributed by atoms with Crippen LogP contribution in [0.4, 0.5) is 0 Å². The second-order valence-corrected chi connectivity index (χ2v) is 10.2. The van der Waals surface area contributed by atoms with Gasteiger partial charge in [-0.25, -0.2) is 8.42 Å². The first-order chi connectivity index (χ1) is 14.5. The molecule has 0 aliphatic carbocycles. The molecule has 1 amide bonds. The van der Waals surface area contributed by atoms with Crippen molar-refractivity contribution < 1.29 is 28.2 Å². The lowest BCUT2D eigenvalue weighted by atomic mass is 9.82. The van der Waals surface area contributed by atoms with Crippen molar-refractivity contribution in [2.75, 3.05) is 19.4 Å². The zero-order valence-electron chi connectivity index (χ0n) is 18.6. The van der Waals surface area contributed by atoms with Gasteiger partial charge in [-0.2, -0.15) is 0 Å². The van der Waals surface area contributed by atoms with E-state index in [4.69, 9.17) is 0 Å². The Morgan fingerprint density at radius 3 is 2.23 bits per heavy atom. The summed E-state index contributed by atoms with van der Waals surface area (Å²) in [5.41, 5.74) is 3.29. The monoisotopic (exact) mass is 454 g/mol. The molecule has 9 heteroatoms. The largest absolute Gasteiger partial charge is 0.481 e. The van der Waals surface area contributed by atoms with E-state index in [0.717, 1.165) is 16.2 Å². The molecule has 0 bridgehead atoms. The first-order valence-electron chi connectivity index (χ1n) is 10.3. The molecular formula is C22H34N2O6S. The Kier molecular flexibility index (Phi) is 10.9. The predicted octanol–water partition coefficient (Wildman–Crippen LogP) is 2.37. The summed E-state index contributed by atoms with van der Waals surface area (Å²) in [4.78, 5) is 25.0. The third kappa shape index (κ3) is 9.63. The van der Waals surface area contributed by atoms with Crippen molar-refractivity contribution in [1.29, 1.82) is 0 Å². The highest BCUT2D eigenvalue weighted by molar-refractivity contribution is 7.88. The fourth-order valence-corrected chi connectivity index (χ4v) is 3.91. The van der Waals surface area contributed by atoms with Crippen LogP contribution < -0.4 is 5.43 Å². The standard InChI is InChI=1S/C22H34N2O6S/c1-16(2)13-20(21(26)23-24(31(4,29)30)14-17(3)15-25)19(22(27)28)12-8-11-18-9-6-5-7-10-18/h5-11,16-17,19-20,25H,12-15H2,1-4H3,(H,23,26)(H,27,28)/b11-8+/t17-,19+,20-/m1/s1. The van der Waals surface area contributed by atoms with Gasteiger partial charge in [-0.15, -0.1) is 4.41 Å². The number of hydrogen-bond acceptors (Lipinski definition) is 5. The Labute approximate surface area is 185 Å².